The number of rotatable bonds is 10. The van der Waals surface area contributed by atoms with E-state index in [1.807, 2.05) is 38.1 Å². The Morgan fingerprint density at radius 3 is 2.29 bits per heavy atom. The van der Waals surface area contributed by atoms with Crippen molar-refractivity contribution in [2.24, 2.45) is 0 Å². The fourth-order valence-corrected chi connectivity index (χ4v) is 4.39. The van der Waals surface area contributed by atoms with E-state index >= 15 is 0 Å². The van der Waals surface area contributed by atoms with Crippen molar-refractivity contribution in [2.45, 2.75) is 38.1 Å². The number of nitrogens with one attached hydrogen (secondary N) is 1. The summed E-state index contributed by atoms with van der Waals surface area (Å²) < 4.78 is 31.7. The van der Waals surface area contributed by atoms with Crippen molar-refractivity contribution in [1.29, 1.82) is 0 Å². The third kappa shape index (κ3) is 5.56. The van der Waals surface area contributed by atoms with E-state index in [4.69, 9.17) is 4.74 Å². The molecule has 6 nitrogen and oxygen atoms in total. The van der Waals surface area contributed by atoms with E-state index in [2.05, 4.69) is 5.32 Å². The van der Waals surface area contributed by atoms with Gasteiger partial charge in [-0.3, -0.25) is 4.79 Å². The van der Waals surface area contributed by atoms with Gasteiger partial charge in [0.05, 0.1) is 12.0 Å². The SMILES string of the molecule is CCN(CC)S(=O)(=O)c1ccc(CCC(=O)NCc2ccccc2OC)cc1. The van der Waals surface area contributed by atoms with Crippen molar-refractivity contribution >= 4 is 15.9 Å². The van der Waals surface area contributed by atoms with Crippen molar-refractivity contribution in [3.05, 3.63) is 59.7 Å². The van der Waals surface area contributed by atoms with Crippen LogP contribution in [0.15, 0.2) is 53.4 Å². The Bertz CT molecular complexity index is 876. The number of hydrogen-bond acceptors (Lipinski definition) is 4. The zero-order valence-corrected chi connectivity index (χ0v) is 17.5. The molecule has 1 N–H and O–H groups in total. The van der Waals surface area contributed by atoms with Gasteiger partial charge in [-0.05, 0) is 30.2 Å². The molecule has 0 spiro atoms. The van der Waals surface area contributed by atoms with Gasteiger partial charge in [0.1, 0.15) is 5.75 Å². The van der Waals surface area contributed by atoms with Crippen molar-refractivity contribution in [3.63, 3.8) is 0 Å². The first kappa shape index (κ1) is 21.9. The summed E-state index contributed by atoms with van der Waals surface area (Å²) in [6.07, 6.45) is 0.876. The van der Waals surface area contributed by atoms with Crippen LogP contribution in [0.25, 0.3) is 0 Å². The van der Waals surface area contributed by atoms with Crippen molar-refractivity contribution in [3.8, 4) is 5.75 Å². The average molecular weight is 405 g/mol. The Kier molecular flexibility index (Phi) is 8.02. The maximum Gasteiger partial charge on any atom is 0.243 e. The van der Waals surface area contributed by atoms with E-state index in [0.717, 1.165) is 16.9 Å². The lowest BCUT2D eigenvalue weighted by Gasteiger charge is -2.18. The third-order valence-electron chi connectivity index (χ3n) is 4.58. The second-order valence-corrected chi connectivity index (χ2v) is 8.26. The van der Waals surface area contributed by atoms with Gasteiger partial charge in [0.2, 0.25) is 15.9 Å². The molecular weight excluding hydrogens is 376 g/mol. The molecular formula is C21H28N2O4S. The Morgan fingerprint density at radius 2 is 1.68 bits per heavy atom. The van der Waals surface area contributed by atoms with Crippen molar-refractivity contribution in [2.75, 3.05) is 20.2 Å². The van der Waals surface area contributed by atoms with Gasteiger partial charge in [-0.2, -0.15) is 4.31 Å². The monoisotopic (exact) mass is 404 g/mol. The van der Waals surface area contributed by atoms with Crippen LogP contribution >= 0.6 is 0 Å². The van der Waals surface area contributed by atoms with Crippen molar-refractivity contribution < 1.29 is 17.9 Å². The number of nitrogens with zero attached hydrogens (tertiary/aromatic N) is 1. The zero-order chi connectivity index (χ0) is 20.6. The number of carbonyl (C=O) groups excluding carboxylic acids is 1. The molecule has 2 rings (SSSR count). The van der Waals surface area contributed by atoms with Gasteiger partial charge < -0.3 is 10.1 Å². The van der Waals surface area contributed by atoms with Gasteiger partial charge in [0.25, 0.3) is 0 Å². The number of benzene rings is 2. The molecule has 0 fully saturated rings. The Balaban J connectivity index is 1.90. The summed E-state index contributed by atoms with van der Waals surface area (Å²) in [6, 6.07) is 14.3. The molecule has 152 valence electrons. The summed E-state index contributed by atoms with van der Waals surface area (Å²) in [6.45, 7) is 4.92. The first-order valence-electron chi connectivity index (χ1n) is 9.40. The lowest BCUT2D eigenvalue weighted by Crippen LogP contribution is -2.30. The van der Waals surface area contributed by atoms with E-state index in [0.29, 0.717) is 32.5 Å². The normalized spacial score (nSPS) is 11.4. The van der Waals surface area contributed by atoms with E-state index < -0.39 is 10.0 Å². The van der Waals surface area contributed by atoms with Crippen LogP contribution in [0.5, 0.6) is 5.75 Å². The maximum absolute atomic E-state index is 12.5. The van der Waals surface area contributed by atoms with Gasteiger partial charge in [-0.1, -0.05) is 44.2 Å². The lowest BCUT2D eigenvalue weighted by molar-refractivity contribution is -0.121. The summed E-state index contributed by atoms with van der Waals surface area (Å²) in [4.78, 5) is 12.4. The second-order valence-electron chi connectivity index (χ2n) is 6.32. The fourth-order valence-electron chi connectivity index (χ4n) is 2.93. The molecule has 0 unspecified atom stereocenters. The first-order chi connectivity index (χ1) is 13.4. The number of ether oxygens (including phenoxy) is 1. The Morgan fingerprint density at radius 1 is 1.04 bits per heavy atom. The predicted octanol–water partition coefficient (Wildman–Crippen LogP) is 2.97. The topological polar surface area (TPSA) is 75.7 Å². The van der Waals surface area contributed by atoms with Gasteiger partial charge >= 0.3 is 0 Å². The molecule has 0 atom stereocenters. The first-order valence-corrected chi connectivity index (χ1v) is 10.8. The summed E-state index contributed by atoms with van der Waals surface area (Å²) in [5, 5.41) is 2.89. The largest absolute Gasteiger partial charge is 0.496 e. The Hall–Kier alpha value is -2.38. The zero-order valence-electron chi connectivity index (χ0n) is 16.6. The number of aryl methyl sites for hydroxylation is 1. The number of amides is 1. The van der Waals surface area contributed by atoms with E-state index in [1.54, 1.807) is 31.4 Å². The molecule has 0 saturated heterocycles. The molecule has 0 aromatic heterocycles. The molecule has 0 aliphatic heterocycles. The molecule has 0 aliphatic rings. The van der Waals surface area contributed by atoms with Crippen LogP contribution in [0.3, 0.4) is 0 Å². The minimum absolute atomic E-state index is 0.0641. The molecule has 7 heteroatoms. The molecule has 2 aromatic rings. The third-order valence-corrected chi connectivity index (χ3v) is 6.64. The summed E-state index contributed by atoms with van der Waals surface area (Å²) in [5.74, 6) is 0.679. The van der Waals surface area contributed by atoms with Crippen LogP contribution in [0.1, 0.15) is 31.4 Å². The van der Waals surface area contributed by atoms with E-state index in [-0.39, 0.29) is 10.8 Å². The maximum atomic E-state index is 12.5. The molecule has 1 amide bonds. The molecule has 2 aromatic carbocycles. The smallest absolute Gasteiger partial charge is 0.243 e. The van der Waals surface area contributed by atoms with Crippen molar-refractivity contribution in [1.82, 2.24) is 9.62 Å². The number of carbonyl (C=O) groups is 1. The Labute approximate surface area is 167 Å². The van der Waals surface area contributed by atoms with Gasteiger partial charge in [0, 0.05) is 31.6 Å². The quantitative estimate of drug-likeness (QED) is 0.661. The summed E-state index contributed by atoms with van der Waals surface area (Å²) >= 11 is 0. The summed E-state index contributed by atoms with van der Waals surface area (Å²) in [7, 11) is -1.85. The summed E-state index contributed by atoms with van der Waals surface area (Å²) in [5.41, 5.74) is 1.84. The highest BCUT2D eigenvalue weighted by molar-refractivity contribution is 7.89. The standard InChI is InChI=1S/C21H28N2O4S/c1-4-23(5-2)28(25,26)19-13-10-17(11-14-19)12-15-21(24)22-16-18-8-6-7-9-20(18)27-3/h6-11,13-14H,4-5,12,15-16H2,1-3H3,(H,22,24). The molecule has 0 heterocycles. The van der Waals surface area contributed by atoms with Gasteiger partial charge in [-0.25, -0.2) is 8.42 Å². The number of hydrogen-bond donors (Lipinski definition) is 1. The van der Waals surface area contributed by atoms with Crippen LogP contribution < -0.4 is 10.1 Å². The van der Waals surface area contributed by atoms with Crippen LogP contribution in [-0.4, -0.2) is 38.8 Å². The number of para-hydroxylation sites is 1. The van der Waals surface area contributed by atoms with Crippen LogP contribution in [-0.2, 0) is 27.8 Å². The van der Waals surface area contributed by atoms with Crippen LogP contribution in [0, 0.1) is 0 Å². The van der Waals surface area contributed by atoms with Gasteiger partial charge in [-0.15, -0.1) is 0 Å². The predicted molar refractivity (Wildman–Crippen MR) is 110 cm³/mol. The van der Waals surface area contributed by atoms with E-state index in [9.17, 15) is 13.2 Å². The number of sulfonamides is 1. The molecule has 0 radical (unpaired) electrons. The van der Waals surface area contributed by atoms with Crippen LogP contribution in [0.2, 0.25) is 0 Å². The lowest BCUT2D eigenvalue weighted by atomic mass is 10.1. The molecule has 0 bridgehead atoms. The minimum atomic E-state index is -3.45. The highest BCUT2D eigenvalue weighted by atomic mass is 32.2. The fraction of sp³-hybridized carbons (Fsp3) is 0.381. The second kappa shape index (κ2) is 10.2. The molecule has 28 heavy (non-hydrogen) atoms. The molecule has 0 saturated carbocycles. The van der Waals surface area contributed by atoms with Gasteiger partial charge in [0.15, 0.2) is 0 Å². The highest BCUT2D eigenvalue weighted by Gasteiger charge is 2.21. The average Bonchev–Trinajstić information content (AvgIpc) is 2.72. The number of methoxy groups -OCH3 is 1. The molecule has 0 aliphatic carbocycles. The van der Waals surface area contributed by atoms with Crippen LogP contribution in [0.4, 0.5) is 0 Å². The highest BCUT2D eigenvalue weighted by Crippen LogP contribution is 2.18. The van der Waals surface area contributed by atoms with E-state index in [1.165, 1.54) is 4.31 Å². The minimum Gasteiger partial charge on any atom is -0.496 e.